The van der Waals surface area contributed by atoms with Gasteiger partial charge in [0.1, 0.15) is 23.0 Å². The van der Waals surface area contributed by atoms with E-state index in [9.17, 15) is 4.79 Å². The summed E-state index contributed by atoms with van der Waals surface area (Å²) >= 11 is 2.91. The number of ether oxygens (including phenoxy) is 1. The van der Waals surface area contributed by atoms with Crippen LogP contribution in [0.1, 0.15) is 60.6 Å². The van der Waals surface area contributed by atoms with E-state index in [2.05, 4.69) is 53.1 Å². The lowest BCUT2D eigenvalue weighted by Gasteiger charge is -2.19. The number of nitrogens with one attached hydrogen (secondary N) is 1. The average Bonchev–Trinajstić information content (AvgIpc) is 3.25. The number of nitrogens with zero attached hydrogens (tertiary/aromatic N) is 4. The Balaban J connectivity index is 1.45. The first-order chi connectivity index (χ1) is 15.5. The van der Waals surface area contributed by atoms with E-state index >= 15 is 0 Å². The van der Waals surface area contributed by atoms with Crippen LogP contribution in [0, 0.1) is 13.8 Å². The van der Waals surface area contributed by atoms with E-state index in [1.165, 1.54) is 33.3 Å². The lowest BCUT2D eigenvalue weighted by Crippen LogP contribution is -2.17. The van der Waals surface area contributed by atoms with E-state index in [1.807, 2.05) is 32.9 Å². The van der Waals surface area contributed by atoms with Crippen molar-refractivity contribution in [1.82, 2.24) is 24.8 Å². The minimum atomic E-state index is -0.171. The summed E-state index contributed by atoms with van der Waals surface area (Å²) in [5, 5.41) is 9.38. The van der Waals surface area contributed by atoms with Crippen LogP contribution in [0.5, 0.6) is 5.75 Å². The number of hydrogen-bond donors (Lipinski definition) is 2. The van der Waals surface area contributed by atoms with Crippen LogP contribution in [0.15, 0.2) is 34.2 Å². The Morgan fingerprint density at radius 1 is 1.21 bits per heavy atom. The highest BCUT2D eigenvalue weighted by atomic mass is 32.2. The molecule has 3 heterocycles. The van der Waals surface area contributed by atoms with E-state index < -0.39 is 0 Å². The van der Waals surface area contributed by atoms with Gasteiger partial charge in [-0.05, 0) is 49.4 Å². The number of benzene rings is 1. The van der Waals surface area contributed by atoms with Gasteiger partial charge in [0.25, 0.3) is 5.56 Å². The largest absolute Gasteiger partial charge is 0.486 e. The maximum absolute atomic E-state index is 12.6. The normalized spacial score (nSPS) is 12.9. The third-order valence-corrected chi connectivity index (χ3v) is 7.72. The molecular weight excluding hydrogens is 456 g/mol. The van der Waals surface area contributed by atoms with Crippen LogP contribution >= 0.6 is 23.1 Å². The SMILES string of the molecule is Cc1sc2nc([C@H](C)Sc3nnc(COc4ccc(C(C)(C)C)cc4)n3N)[nH]c(=O)c2c1C. The predicted molar refractivity (Wildman–Crippen MR) is 134 cm³/mol. The fourth-order valence-electron chi connectivity index (χ4n) is 3.36. The zero-order valence-electron chi connectivity index (χ0n) is 19.6. The van der Waals surface area contributed by atoms with Gasteiger partial charge in [0, 0.05) is 4.88 Å². The van der Waals surface area contributed by atoms with E-state index in [0.29, 0.717) is 22.2 Å². The van der Waals surface area contributed by atoms with Gasteiger partial charge in [0.05, 0.1) is 10.6 Å². The van der Waals surface area contributed by atoms with Crippen LogP contribution in [0.4, 0.5) is 0 Å². The zero-order valence-corrected chi connectivity index (χ0v) is 21.2. The number of H-pyrrole nitrogens is 1. The van der Waals surface area contributed by atoms with Crippen molar-refractivity contribution < 1.29 is 4.74 Å². The number of thiophene rings is 1. The van der Waals surface area contributed by atoms with Crippen LogP contribution in [0.2, 0.25) is 0 Å². The highest BCUT2D eigenvalue weighted by Crippen LogP contribution is 2.33. The molecule has 0 unspecified atom stereocenters. The molecule has 4 aromatic rings. The highest BCUT2D eigenvalue weighted by Gasteiger charge is 2.20. The quantitative estimate of drug-likeness (QED) is 0.303. The third-order valence-electron chi connectivity index (χ3n) is 5.55. The molecule has 0 aliphatic heterocycles. The number of hydrogen-bond acceptors (Lipinski definition) is 8. The molecule has 0 amide bonds. The summed E-state index contributed by atoms with van der Waals surface area (Å²) < 4.78 is 7.27. The van der Waals surface area contributed by atoms with E-state index in [4.69, 9.17) is 10.6 Å². The standard InChI is InChI=1S/C23H28N6O2S2/c1-12-13(2)32-21-18(12)20(30)25-19(26-21)14(3)33-22-28-27-17(29(22)24)11-31-16-9-7-15(8-10-16)23(4,5)6/h7-10,14H,11,24H2,1-6H3,(H,25,26,30)/t14-/m0/s1. The summed E-state index contributed by atoms with van der Waals surface area (Å²) in [6, 6.07) is 8.02. The Labute approximate surface area is 200 Å². The summed E-state index contributed by atoms with van der Waals surface area (Å²) in [7, 11) is 0. The lowest BCUT2D eigenvalue weighted by atomic mass is 9.87. The van der Waals surface area contributed by atoms with Gasteiger partial charge in [-0.3, -0.25) is 4.79 Å². The molecule has 0 bridgehead atoms. The number of aromatic nitrogens is 5. The van der Waals surface area contributed by atoms with Crippen molar-refractivity contribution >= 4 is 33.3 Å². The summed E-state index contributed by atoms with van der Waals surface area (Å²) in [4.78, 5) is 22.0. The van der Waals surface area contributed by atoms with Gasteiger partial charge in [0.2, 0.25) is 5.16 Å². The minimum Gasteiger partial charge on any atom is -0.486 e. The monoisotopic (exact) mass is 484 g/mol. The van der Waals surface area contributed by atoms with Crippen molar-refractivity contribution in [2.24, 2.45) is 0 Å². The van der Waals surface area contributed by atoms with E-state index in [-0.39, 0.29) is 22.8 Å². The maximum Gasteiger partial charge on any atom is 0.259 e. The van der Waals surface area contributed by atoms with Crippen molar-refractivity contribution in [2.75, 3.05) is 5.84 Å². The Bertz CT molecular complexity index is 1350. The maximum atomic E-state index is 12.6. The van der Waals surface area contributed by atoms with Crippen LogP contribution in [0.3, 0.4) is 0 Å². The summed E-state index contributed by atoms with van der Waals surface area (Å²) in [6.07, 6.45) is 0. The molecule has 1 aromatic carbocycles. The van der Waals surface area contributed by atoms with Gasteiger partial charge in [-0.15, -0.1) is 21.5 Å². The van der Waals surface area contributed by atoms with Gasteiger partial charge in [-0.1, -0.05) is 44.7 Å². The first-order valence-corrected chi connectivity index (χ1v) is 12.3. The molecule has 0 saturated heterocycles. The molecule has 1 atom stereocenters. The molecule has 33 heavy (non-hydrogen) atoms. The third kappa shape index (κ3) is 4.77. The van der Waals surface area contributed by atoms with Gasteiger partial charge < -0.3 is 15.6 Å². The van der Waals surface area contributed by atoms with Gasteiger partial charge >= 0.3 is 0 Å². The zero-order chi connectivity index (χ0) is 23.9. The molecule has 3 aromatic heterocycles. The second-order valence-corrected chi connectivity index (χ2v) is 11.5. The number of rotatable bonds is 6. The molecule has 0 aliphatic carbocycles. The molecule has 0 saturated carbocycles. The molecule has 0 radical (unpaired) electrons. The first-order valence-electron chi connectivity index (χ1n) is 10.6. The molecule has 8 nitrogen and oxygen atoms in total. The number of fused-ring (bicyclic) bond motifs is 1. The number of thioether (sulfide) groups is 1. The van der Waals surface area contributed by atoms with Crippen molar-refractivity contribution in [3.05, 3.63) is 62.3 Å². The Hall–Kier alpha value is -2.85. The predicted octanol–water partition coefficient (Wildman–Crippen LogP) is 4.64. The highest BCUT2D eigenvalue weighted by molar-refractivity contribution is 7.99. The number of nitrogen functional groups attached to an aromatic ring is 1. The number of nitrogens with two attached hydrogens (primary N) is 1. The van der Waals surface area contributed by atoms with Crippen LogP contribution in [-0.2, 0) is 12.0 Å². The summed E-state index contributed by atoms with van der Waals surface area (Å²) in [5.74, 6) is 8.05. The van der Waals surface area contributed by atoms with Crippen LogP contribution < -0.4 is 16.1 Å². The molecular formula is C23H28N6O2S2. The topological polar surface area (TPSA) is 112 Å². The Morgan fingerprint density at radius 2 is 1.91 bits per heavy atom. The molecule has 3 N–H and O–H groups in total. The Kier molecular flexibility index (Phi) is 6.24. The molecule has 10 heteroatoms. The number of aryl methyl sites for hydroxylation is 2. The van der Waals surface area contributed by atoms with Gasteiger partial charge in [0.15, 0.2) is 5.82 Å². The number of aromatic amines is 1. The van der Waals surface area contributed by atoms with Gasteiger partial charge in [-0.25, -0.2) is 9.66 Å². The molecule has 0 fully saturated rings. The fraction of sp³-hybridized carbons (Fsp3) is 0.391. The van der Waals surface area contributed by atoms with Crippen molar-refractivity contribution in [3.8, 4) is 5.75 Å². The molecule has 174 valence electrons. The molecule has 4 rings (SSSR count). The summed E-state index contributed by atoms with van der Waals surface area (Å²) in [6.45, 7) is 12.6. The lowest BCUT2D eigenvalue weighted by molar-refractivity contribution is 0.291. The molecule has 0 aliphatic rings. The second kappa shape index (κ2) is 8.83. The smallest absolute Gasteiger partial charge is 0.259 e. The molecule has 0 spiro atoms. The first kappa shape index (κ1) is 23.3. The average molecular weight is 485 g/mol. The van der Waals surface area contributed by atoms with Crippen molar-refractivity contribution in [3.63, 3.8) is 0 Å². The van der Waals surface area contributed by atoms with E-state index in [1.54, 1.807) is 0 Å². The van der Waals surface area contributed by atoms with Gasteiger partial charge in [-0.2, -0.15) is 0 Å². The van der Waals surface area contributed by atoms with Crippen molar-refractivity contribution in [1.29, 1.82) is 0 Å². The van der Waals surface area contributed by atoms with E-state index in [0.717, 1.165) is 21.0 Å². The van der Waals surface area contributed by atoms with Crippen molar-refractivity contribution in [2.45, 2.75) is 64.0 Å². The van der Waals surface area contributed by atoms with Crippen LogP contribution in [0.25, 0.3) is 10.2 Å². The fourth-order valence-corrected chi connectivity index (χ4v) is 5.25. The van der Waals surface area contributed by atoms with Crippen LogP contribution in [-0.4, -0.2) is 24.8 Å². The summed E-state index contributed by atoms with van der Waals surface area (Å²) in [5.41, 5.74) is 2.19. The minimum absolute atomic E-state index is 0.0869. The Morgan fingerprint density at radius 3 is 2.58 bits per heavy atom. The second-order valence-electron chi connectivity index (χ2n) is 9.01.